The average Bonchev–Trinajstić information content (AvgIpc) is 3.83. The number of rotatable bonds is 5. The summed E-state index contributed by atoms with van der Waals surface area (Å²) in [6.07, 6.45) is 0. The highest BCUT2D eigenvalue weighted by molar-refractivity contribution is 7.26. The van der Waals surface area contributed by atoms with E-state index in [0.29, 0.717) is 17.5 Å². The minimum Gasteiger partial charge on any atom is -0.308 e. The van der Waals surface area contributed by atoms with E-state index in [4.69, 9.17) is 15.0 Å². The number of fused-ring (bicyclic) bond motifs is 7. The summed E-state index contributed by atoms with van der Waals surface area (Å²) >= 11 is 1.84. The standard InChI is InChI=1S/C55H32N4S/c1-3-14-33(15-4-1)38-29-39(34-16-5-2-6-17-34)31-40(30-38)54-56-53(37-27-26-35-18-7-8-19-36(35)28-37)57-55(58-54)44-32-48-51-50-42(22-13-25-47(50)60-48)41-20-9-11-23-45(41)59-46-24-12-10-21-43(46)49(44)52(51)59/h1-32H. The second kappa shape index (κ2) is 12.9. The van der Waals surface area contributed by atoms with Gasteiger partial charge in [-0.1, -0.05) is 146 Å². The highest BCUT2D eigenvalue weighted by Gasteiger charge is 2.25. The van der Waals surface area contributed by atoms with E-state index in [1.807, 2.05) is 11.3 Å². The monoisotopic (exact) mass is 780 g/mol. The molecule has 0 atom stereocenters. The molecule has 0 radical (unpaired) electrons. The molecule has 13 aromatic rings. The zero-order valence-electron chi connectivity index (χ0n) is 32.2. The Kier molecular flexibility index (Phi) is 7.14. The lowest BCUT2D eigenvalue weighted by atomic mass is 9.95. The van der Waals surface area contributed by atoms with Gasteiger partial charge in [-0.25, -0.2) is 15.0 Å². The van der Waals surface area contributed by atoms with Crippen LogP contribution in [0.2, 0.25) is 0 Å². The minimum absolute atomic E-state index is 0.628. The fourth-order valence-electron chi connectivity index (χ4n) is 9.44. The van der Waals surface area contributed by atoms with Gasteiger partial charge in [0.05, 0.1) is 16.6 Å². The Bertz CT molecular complexity index is 3770. The Morgan fingerprint density at radius 1 is 0.333 bits per heavy atom. The summed E-state index contributed by atoms with van der Waals surface area (Å²) in [4.78, 5) is 16.3. The number of hydrogen-bond donors (Lipinski definition) is 0. The molecule has 0 aliphatic rings. The van der Waals surface area contributed by atoms with Crippen LogP contribution in [0.1, 0.15) is 0 Å². The molecule has 0 saturated carbocycles. The minimum atomic E-state index is 0.628. The third-order valence-electron chi connectivity index (χ3n) is 12.1. The SMILES string of the molecule is c1ccc(-c2cc(-c3ccccc3)cc(-c3nc(-c4ccc5ccccc5c4)nc(-c4cc5sc6cccc7c8ccccc8n8c9ccccc9c4c8c5c67)n3)c2)cc1. The van der Waals surface area contributed by atoms with Crippen molar-refractivity contribution in [2.24, 2.45) is 0 Å². The van der Waals surface area contributed by atoms with E-state index in [2.05, 4.69) is 199 Å². The van der Waals surface area contributed by atoms with Crippen LogP contribution in [0.4, 0.5) is 0 Å². The fraction of sp³-hybridized carbons (Fsp3) is 0. The zero-order valence-corrected chi connectivity index (χ0v) is 33.0. The van der Waals surface area contributed by atoms with Crippen molar-refractivity contribution in [3.05, 3.63) is 194 Å². The van der Waals surface area contributed by atoms with Gasteiger partial charge in [-0.15, -0.1) is 11.3 Å². The number of hydrogen-bond acceptors (Lipinski definition) is 4. The number of nitrogens with zero attached hydrogens (tertiary/aromatic N) is 4. The summed E-state index contributed by atoms with van der Waals surface area (Å²) in [7, 11) is 0. The second-order valence-corrected chi connectivity index (χ2v) is 16.7. The normalized spacial score (nSPS) is 12.0. The van der Waals surface area contributed by atoms with Crippen molar-refractivity contribution in [1.82, 2.24) is 19.4 Å². The van der Waals surface area contributed by atoms with Crippen molar-refractivity contribution in [3.63, 3.8) is 0 Å². The smallest absolute Gasteiger partial charge is 0.164 e. The summed E-state index contributed by atoms with van der Waals surface area (Å²) in [5, 5.41) is 9.72. The number of thiophene rings is 1. The predicted molar refractivity (Wildman–Crippen MR) is 252 cm³/mol. The quantitative estimate of drug-likeness (QED) is 0.175. The van der Waals surface area contributed by atoms with Gasteiger partial charge in [-0.3, -0.25) is 0 Å². The van der Waals surface area contributed by atoms with Gasteiger partial charge in [-0.2, -0.15) is 0 Å². The van der Waals surface area contributed by atoms with E-state index in [9.17, 15) is 0 Å². The van der Waals surface area contributed by atoms with Crippen LogP contribution in [-0.4, -0.2) is 19.4 Å². The largest absolute Gasteiger partial charge is 0.308 e. The number of aromatic nitrogens is 4. The molecule has 0 spiro atoms. The molecule has 4 nitrogen and oxygen atoms in total. The van der Waals surface area contributed by atoms with Gasteiger partial charge in [0.2, 0.25) is 0 Å². The molecule has 5 heteroatoms. The lowest BCUT2D eigenvalue weighted by Gasteiger charge is -2.13. The summed E-state index contributed by atoms with van der Waals surface area (Å²) in [6, 6.07) is 69.5. The van der Waals surface area contributed by atoms with Gasteiger partial charge < -0.3 is 4.40 Å². The maximum Gasteiger partial charge on any atom is 0.164 e. The maximum atomic E-state index is 5.51. The molecule has 278 valence electrons. The van der Waals surface area contributed by atoms with Crippen molar-refractivity contribution in [2.45, 2.75) is 0 Å². The van der Waals surface area contributed by atoms with Gasteiger partial charge in [0, 0.05) is 53.0 Å². The van der Waals surface area contributed by atoms with Crippen molar-refractivity contribution in [3.8, 4) is 56.4 Å². The Morgan fingerprint density at radius 3 is 1.67 bits per heavy atom. The van der Waals surface area contributed by atoms with Crippen LogP contribution < -0.4 is 0 Å². The molecule has 0 saturated heterocycles. The van der Waals surface area contributed by atoms with Gasteiger partial charge >= 0.3 is 0 Å². The molecule has 0 amide bonds. The molecule has 4 aromatic heterocycles. The van der Waals surface area contributed by atoms with E-state index in [-0.39, 0.29) is 0 Å². The van der Waals surface area contributed by atoms with Crippen LogP contribution in [0.15, 0.2) is 194 Å². The van der Waals surface area contributed by atoms with Gasteiger partial charge in [0.1, 0.15) is 0 Å². The van der Waals surface area contributed by atoms with Crippen LogP contribution in [0.25, 0.3) is 125 Å². The van der Waals surface area contributed by atoms with E-state index in [1.54, 1.807) is 0 Å². The molecule has 0 aliphatic carbocycles. The first kappa shape index (κ1) is 33.3. The van der Waals surface area contributed by atoms with Crippen LogP contribution in [0.3, 0.4) is 0 Å². The molecule has 60 heavy (non-hydrogen) atoms. The van der Waals surface area contributed by atoms with E-state index in [1.165, 1.54) is 52.8 Å². The van der Waals surface area contributed by atoms with Crippen molar-refractivity contribution in [1.29, 1.82) is 0 Å². The molecular formula is C55H32N4S. The predicted octanol–water partition coefficient (Wildman–Crippen LogP) is 14.9. The molecule has 13 rings (SSSR count). The maximum absolute atomic E-state index is 5.51. The third-order valence-corrected chi connectivity index (χ3v) is 13.2. The van der Waals surface area contributed by atoms with Gasteiger partial charge in [0.15, 0.2) is 17.5 Å². The van der Waals surface area contributed by atoms with Crippen LogP contribution in [-0.2, 0) is 0 Å². The van der Waals surface area contributed by atoms with Crippen molar-refractivity contribution in [2.75, 3.05) is 0 Å². The summed E-state index contributed by atoms with van der Waals surface area (Å²) in [5.41, 5.74) is 10.9. The first-order valence-electron chi connectivity index (χ1n) is 20.3. The Morgan fingerprint density at radius 2 is 0.917 bits per heavy atom. The lowest BCUT2D eigenvalue weighted by molar-refractivity contribution is 1.08. The first-order chi connectivity index (χ1) is 29.7. The molecule has 9 aromatic carbocycles. The number of para-hydroxylation sites is 2. The Labute approximate surface area is 348 Å². The number of benzene rings is 9. The molecule has 0 aliphatic heterocycles. The van der Waals surface area contributed by atoms with Crippen molar-refractivity contribution < 1.29 is 0 Å². The van der Waals surface area contributed by atoms with E-state index >= 15 is 0 Å². The summed E-state index contributed by atoms with van der Waals surface area (Å²) < 4.78 is 4.97. The second-order valence-electron chi connectivity index (χ2n) is 15.6. The van der Waals surface area contributed by atoms with Crippen LogP contribution in [0, 0.1) is 0 Å². The van der Waals surface area contributed by atoms with Gasteiger partial charge in [-0.05, 0) is 86.9 Å². The highest BCUT2D eigenvalue weighted by Crippen LogP contribution is 2.49. The zero-order chi connectivity index (χ0) is 39.3. The summed E-state index contributed by atoms with van der Waals surface area (Å²) in [5.74, 6) is 1.91. The van der Waals surface area contributed by atoms with Gasteiger partial charge in [0.25, 0.3) is 0 Å². The molecular weight excluding hydrogens is 749 g/mol. The molecule has 0 N–H and O–H groups in total. The van der Waals surface area contributed by atoms with Crippen LogP contribution in [0.5, 0.6) is 0 Å². The molecule has 0 bridgehead atoms. The van der Waals surface area contributed by atoms with E-state index < -0.39 is 0 Å². The topological polar surface area (TPSA) is 43.1 Å². The molecule has 0 unspecified atom stereocenters. The fourth-order valence-corrected chi connectivity index (χ4v) is 10.6. The molecule has 4 heterocycles. The van der Waals surface area contributed by atoms with Crippen LogP contribution >= 0.6 is 11.3 Å². The summed E-state index contributed by atoms with van der Waals surface area (Å²) in [6.45, 7) is 0. The lowest BCUT2D eigenvalue weighted by Crippen LogP contribution is -2.01. The third kappa shape index (κ3) is 5.00. The molecule has 0 fully saturated rings. The van der Waals surface area contributed by atoms with Crippen molar-refractivity contribution >= 4 is 80.4 Å². The Balaban J connectivity index is 1.16. The highest BCUT2D eigenvalue weighted by atomic mass is 32.1. The average molecular weight is 781 g/mol. The van der Waals surface area contributed by atoms with E-state index in [0.717, 1.165) is 55.2 Å². The first-order valence-corrected chi connectivity index (χ1v) is 21.1. The Hall–Kier alpha value is -7.73.